The van der Waals surface area contributed by atoms with Crippen LogP contribution >= 0.6 is 0 Å². The van der Waals surface area contributed by atoms with Crippen LogP contribution in [0.2, 0.25) is 0 Å². The number of methoxy groups -OCH3 is 1. The van der Waals surface area contributed by atoms with Crippen molar-refractivity contribution >= 4 is 16.6 Å². The number of alkyl halides is 3. The molecule has 6 heterocycles. The predicted octanol–water partition coefficient (Wildman–Crippen LogP) is 4.48. The van der Waals surface area contributed by atoms with Crippen molar-refractivity contribution in [3.05, 3.63) is 89.4 Å². The topological polar surface area (TPSA) is 96.9 Å². The van der Waals surface area contributed by atoms with Crippen molar-refractivity contribution in [2.24, 2.45) is 7.05 Å². The van der Waals surface area contributed by atoms with E-state index in [0.717, 1.165) is 67.1 Å². The van der Waals surface area contributed by atoms with Gasteiger partial charge < -0.3 is 24.0 Å². The number of benzene rings is 2. The van der Waals surface area contributed by atoms with Gasteiger partial charge in [-0.15, -0.1) is 0 Å². The van der Waals surface area contributed by atoms with E-state index >= 15 is 0 Å². The fourth-order valence-corrected chi connectivity index (χ4v) is 7.83. The molecular formula is C36H39F3N8O3. The van der Waals surface area contributed by atoms with Crippen LogP contribution in [0.3, 0.4) is 0 Å². The van der Waals surface area contributed by atoms with E-state index in [2.05, 4.69) is 19.9 Å². The Kier molecular flexibility index (Phi) is 8.50. The number of hydrogen-bond acceptors (Lipinski definition) is 9. The van der Waals surface area contributed by atoms with Crippen LogP contribution in [0, 0.1) is 0 Å². The second-order valence-corrected chi connectivity index (χ2v) is 13.3. The van der Waals surface area contributed by atoms with Crippen LogP contribution in [0.15, 0.2) is 61.4 Å². The molecule has 14 heteroatoms. The van der Waals surface area contributed by atoms with Crippen LogP contribution < -0.4 is 9.64 Å². The molecule has 0 amide bonds. The van der Waals surface area contributed by atoms with Crippen LogP contribution in [0.25, 0.3) is 22.0 Å². The third-order valence-corrected chi connectivity index (χ3v) is 10.2. The first-order chi connectivity index (χ1) is 24.2. The van der Waals surface area contributed by atoms with Crippen molar-refractivity contribution in [3.8, 4) is 16.9 Å². The molecule has 3 aromatic heterocycles. The molecule has 0 bridgehead atoms. The zero-order valence-corrected chi connectivity index (χ0v) is 28.0. The van der Waals surface area contributed by atoms with Crippen molar-refractivity contribution in [1.29, 1.82) is 0 Å². The van der Waals surface area contributed by atoms with Gasteiger partial charge >= 0.3 is 6.18 Å². The van der Waals surface area contributed by atoms with Crippen molar-refractivity contribution in [1.82, 2.24) is 34.1 Å². The number of aliphatic hydroxyl groups is 1. The van der Waals surface area contributed by atoms with E-state index in [1.807, 2.05) is 33.7 Å². The first-order valence-corrected chi connectivity index (χ1v) is 16.8. The third kappa shape index (κ3) is 6.10. The van der Waals surface area contributed by atoms with Crippen molar-refractivity contribution in [3.63, 3.8) is 0 Å². The summed E-state index contributed by atoms with van der Waals surface area (Å²) in [5.74, 6) is 0.689. The number of aromatic nitrogens is 5. The highest BCUT2D eigenvalue weighted by atomic mass is 19.4. The number of rotatable bonds is 7. The van der Waals surface area contributed by atoms with Crippen LogP contribution in [0.4, 0.5) is 18.9 Å². The van der Waals surface area contributed by atoms with Gasteiger partial charge in [0.15, 0.2) is 11.9 Å². The average molecular weight is 689 g/mol. The zero-order valence-electron chi connectivity index (χ0n) is 28.0. The maximum atomic E-state index is 14.2. The number of aliphatic hydroxyl groups excluding tert-OH is 1. The number of hydrogen-bond donors (Lipinski definition) is 1. The Hall–Kier alpha value is -4.50. The first kappa shape index (κ1) is 32.7. The molecule has 3 aliphatic heterocycles. The van der Waals surface area contributed by atoms with Gasteiger partial charge in [-0.3, -0.25) is 19.5 Å². The normalized spacial score (nSPS) is 20.2. The second-order valence-electron chi connectivity index (χ2n) is 13.3. The molecule has 8 rings (SSSR count). The summed E-state index contributed by atoms with van der Waals surface area (Å²) >= 11 is 0. The molecular weight excluding hydrogens is 649 g/mol. The number of piperazine rings is 1. The zero-order chi connectivity index (χ0) is 34.6. The lowest BCUT2D eigenvalue weighted by Crippen LogP contribution is -2.57. The monoisotopic (exact) mass is 688 g/mol. The van der Waals surface area contributed by atoms with E-state index in [0.29, 0.717) is 54.5 Å². The van der Waals surface area contributed by atoms with Gasteiger partial charge in [0.05, 0.1) is 37.9 Å². The Labute approximate surface area is 287 Å². The molecule has 50 heavy (non-hydrogen) atoms. The van der Waals surface area contributed by atoms with Crippen LogP contribution in [-0.2, 0) is 37.5 Å². The van der Waals surface area contributed by atoms with E-state index in [9.17, 15) is 18.3 Å². The Morgan fingerprint density at radius 3 is 2.72 bits per heavy atom. The standard InChI is InChI=1S/C36H39F3N8O3/c1-43-20-31(34(42-43)36(37,38)39)28-13-23(17-45-8-6-40-22-45)14-29-27(28)4-7-47(35(29)48)32-3-5-41-33-24(15-26(49-2)16-30(32)33)18-44-9-10-46-11-12-50-21-25(46)19-44/h3,5-6,8,13-16,20,22,25,35,48H,4,7,9-12,17-19,21H2,1-2H3/t25-,35?/m0/s1. The SMILES string of the molecule is COc1cc(CN2CCN3CCOC[C@@H]3C2)c2nccc(N3CCc4c(-c5cn(C)nc5C(F)(F)F)cc(Cn5ccnc5)cc4C3O)c2c1. The van der Waals surface area contributed by atoms with Gasteiger partial charge in [0.25, 0.3) is 0 Å². The van der Waals surface area contributed by atoms with Gasteiger partial charge in [-0.1, -0.05) is 0 Å². The Morgan fingerprint density at radius 1 is 1.04 bits per heavy atom. The number of fused-ring (bicyclic) bond motifs is 3. The van der Waals surface area contributed by atoms with Gasteiger partial charge in [0.1, 0.15) is 5.75 Å². The van der Waals surface area contributed by atoms with E-state index in [1.54, 1.807) is 38.1 Å². The number of anilines is 1. The number of morpholine rings is 1. The summed E-state index contributed by atoms with van der Waals surface area (Å²) in [6, 6.07) is 9.91. The number of halogens is 3. The Morgan fingerprint density at radius 2 is 1.92 bits per heavy atom. The lowest BCUT2D eigenvalue weighted by molar-refractivity contribution is -0.140. The minimum atomic E-state index is -4.65. The van der Waals surface area contributed by atoms with E-state index in [-0.39, 0.29) is 5.56 Å². The maximum Gasteiger partial charge on any atom is 0.435 e. The predicted molar refractivity (Wildman–Crippen MR) is 181 cm³/mol. The van der Waals surface area contributed by atoms with Gasteiger partial charge in [-0.05, 0) is 59.0 Å². The van der Waals surface area contributed by atoms with E-state index in [1.165, 1.54) is 17.9 Å². The molecule has 2 aromatic carbocycles. The van der Waals surface area contributed by atoms with Gasteiger partial charge in [-0.2, -0.15) is 18.3 Å². The number of imidazole rings is 1. The van der Waals surface area contributed by atoms with Gasteiger partial charge in [0.2, 0.25) is 0 Å². The van der Waals surface area contributed by atoms with E-state index < -0.39 is 18.1 Å². The Bertz CT molecular complexity index is 2010. The molecule has 1 N–H and O–H groups in total. The second kappa shape index (κ2) is 13.0. The molecule has 262 valence electrons. The van der Waals surface area contributed by atoms with Crippen molar-refractivity contribution in [2.75, 3.05) is 57.9 Å². The summed E-state index contributed by atoms with van der Waals surface area (Å²) in [5.41, 5.74) is 4.06. The number of pyridine rings is 1. The molecule has 0 radical (unpaired) electrons. The van der Waals surface area contributed by atoms with Crippen LogP contribution in [0.1, 0.15) is 34.2 Å². The lowest BCUT2D eigenvalue weighted by Gasteiger charge is -2.43. The molecule has 0 saturated carbocycles. The van der Waals surface area contributed by atoms with E-state index in [4.69, 9.17) is 14.5 Å². The highest BCUT2D eigenvalue weighted by molar-refractivity contribution is 5.95. The highest BCUT2D eigenvalue weighted by Gasteiger charge is 2.39. The molecule has 2 atom stereocenters. The molecule has 11 nitrogen and oxygen atoms in total. The quantitative estimate of drug-likeness (QED) is 0.266. The number of aryl methyl sites for hydroxylation is 1. The lowest BCUT2D eigenvalue weighted by atomic mass is 9.87. The minimum Gasteiger partial charge on any atom is -0.497 e. The maximum absolute atomic E-state index is 14.2. The highest BCUT2D eigenvalue weighted by Crippen LogP contribution is 2.44. The molecule has 2 fully saturated rings. The number of nitrogens with zero attached hydrogens (tertiary/aromatic N) is 8. The smallest absolute Gasteiger partial charge is 0.435 e. The largest absolute Gasteiger partial charge is 0.497 e. The summed E-state index contributed by atoms with van der Waals surface area (Å²) in [6.07, 6.45) is 2.90. The van der Waals surface area contributed by atoms with Gasteiger partial charge in [0, 0.05) is 100 Å². The van der Waals surface area contributed by atoms with Crippen molar-refractivity contribution in [2.45, 2.75) is 38.0 Å². The summed E-state index contributed by atoms with van der Waals surface area (Å²) in [5, 5.41) is 16.8. The van der Waals surface area contributed by atoms with Gasteiger partial charge in [-0.25, -0.2) is 4.98 Å². The number of ether oxygens (including phenoxy) is 2. The average Bonchev–Trinajstić information content (AvgIpc) is 3.78. The first-order valence-electron chi connectivity index (χ1n) is 16.8. The summed E-state index contributed by atoms with van der Waals surface area (Å²) < 4.78 is 57.3. The molecule has 0 aliphatic carbocycles. The molecule has 2 saturated heterocycles. The third-order valence-electron chi connectivity index (χ3n) is 10.2. The molecule has 3 aliphatic rings. The summed E-state index contributed by atoms with van der Waals surface area (Å²) in [7, 11) is 3.13. The fourth-order valence-electron chi connectivity index (χ4n) is 7.83. The van der Waals surface area contributed by atoms with Crippen LogP contribution in [-0.4, -0.2) is 98.3 Å². The molecule has 0 spiro atoms. The summed E-state index contributed by atoms with van der Waals surface area (Å²) in [4.78, 5) is 15.8. The Balaban J connectivity index is 1.18. The molecule has 5 aromatic rings. The molecule has 1 unspecified atom stereocenters. The summed E-state index contributed by atoms with van der Waals surface area (Å²) in [6.45, 7) is 6.73. The van der Waals surface area contributed by atoms with Crippen molar-refractivity contribution < 1.29 is 27.8 Å². The minimum absolute atomic E-state index is 0.00579. The van der Waals surface area contributed by atoms with Crippen LogP contribution in [0.5, 0.6) is 5.75 Å². The fraction of sp³-hybridized carbons (Fsp3) is 0.417.